The summed E-state index contributed by atoms with van der Waals surface area (Å²) in [6, 6.07) is 13.4. The van der Waals surface area contributed by atoms with E-state index in [1.165, 1.54) is 6.07 Å². The van der Waals surface area contributed by atoms with Crippen LogP contribution in [0.3, 0.4) is 0 Å². The third kappa shape index (κ3) is 3.74. The largest absolute Gasteiger partial charge is 0.507 e. The smallest absolute Gasteiger partial charge is 0.259 e. The van der Waals surface area contributed by atoms with E-state index >= 15 is 0 Å². The number of nitrogens with one attached hydrogen (secondary N) is 1. The van der Waals surface area contributed by atoms with Crippen LogP contribution in [0.5, 0.6) is 11.5 Å². The predicted molar refractivity (Wildman–Crippen MR) is 78.3 cm³/mol. The van der Waals surface area contributed by atoms with Gasteiger partial charge in [-0.1, -0.05) is 12.1 Å². The highest BCUT2D eigenvalue weighted by molar-refractivity contribution is 6.06. The molecule has 106 valence electrons. The zero-order chi connectivity index (χ0) is 15.2. The number of phenolic OH excluding ortho intramolecular Hbond substituents is 1. The number of hydrogen-bond donors (Lipinski definition) is 2. The van der Waals surface area contributed by atoms with Gasteiger partial charge in [-0.3, -0.25) is 4.79 Å². The number of nitriles is 1. The van der Waals surface area contributed by atoms with Crippen molar-refractivity contribution in [1.29, 1.82) is 5.26 Å². The van der Waals surface area contributed by atoms with Gasteiger partial charge in [-0.15, -0.1) is 0 Å². The van der Waals surface area contributed by atoms with E-state index in [2.05, 4.69) is 5.32 Å². The molecular weight excluding hydrogens is 268 g/mol. The normalized spacial score (nSPS) is 9.71. The van der Waals surface area contributed by atoms with E-state index in [4.69, 9.17) is 10.00 Å². The van der Waals surface area contributed by atoms with Gasteiger partial charge in [-0.25, -0.2) is 0 Å². The van der Waals surface area contributed by atoms with Gasteiger partial charge in [0, 0.05) is 11.8 Å². The first-order valence-electron chi connectivity index (χ1n) is 6.31. The zero-order valence-corrected chi connectivity index (χ0v) is 11.5. The van der Waals surface area contributed by atoms with Crippen molar-refractivity contribution in [3.05, 3.63) is 53.6 Å². The number of carbonyl (C=O) groups is 1. The molecular formula is C16H14N2O3. The number of aromatic hydroxyl groups is 1. The number of rotatable bonds is 4. The summed E-state index contributed by atoms with van der Waals surface area (Å²) in [5.74, 6) is 0.0109. The average molecular weight is 282 g/mol. The number of hydrogen-bond acceptors (Lipinski definition) is 4. The van der Waals surface area contributed by atoms with Gasteiger partial charge < -0.3 is 15.2 Å². The van der Waals surface area contributed by atoms with Crippen LogP contribution in [0.1, 0.15) is 15.9 Å². The van der Waals surface area contributed by atoms with E-state index in [0.29, 0.717) is 11.4 Å². The third-order valence-corrected chi connectivity index (χ3v) is 2.79. The van der Waals surface area contributed by atoms with Gasteiger partial charge in [0.05, 0.1) is 5.56 Å². The maximum atomic E-state index is 12.1. The molecule has 0 bridgehead atoms. The molecule has 0 aliphatic carbocycles. The Bertz CT molecular complexity index is 705. The molecule has 0 heterocycles. The summed E-state index contributed by atoms with van der Waals surface area (Å²) >= 11 is 0. The van der Waals surface area contributed by atoms with Crippen LogP contribution in [0, 0.1) is 18.3 Å². The van der Waals surface area contributed by atoms with Gasteiger partial charge >= 0.3 is 0 Å². The van der Waals surface area contributed by atoms with Crippen molar-refractivity contribution >= 4 is 11.6 Å². The molecule has 0 fully saturated rings. The number of nitrogens with zero attached hydrogens (tertiary/aromatic N) is 1. The Morgan fingerprint density at radius 3 is 2.86 bits per heavy atom. The third-order valence-electron chi connectivity index (χ3n) is 2.79. The SMILES string of the molecule is Cc1ccc(C(=O)Nc2cccc(OCC#N)c2)c(O)c1. The van der Waals surface area contributed by atoms with Crippen LogP contribution in [0.4, 0.5) is 5.69 Å². The van der Waals surface area contributed by atoms with Gasteiger partial charge in [-0.2, -0.15) is 5.26 Å². The molecule has 0 atom stereocenters. The standard InChI is InChI=1S/C16H14N2O3/c1-11-5-6-14(15(19)9-11)16(20)18-12-3-2-4-13(10-12)21-8-7-17/h2-6,9-10,19H,8H2,1H3,(H,18,20). The molecule has 2 aromatic carbocycles. The molecule has 5 nitrogen and oxygen atoms in total. The van der Waals surface area contributed by atoms with E-state index in [1.54, 1.807) is 36.4 Å². The summed E-state index contributed by atoms with van der Waals surface area (Å²) in [5.41, 5.74) is 1.59. The van der Waals surface area contributed by atoms with E-state index in [9.17, 15) is 9.90 Å². The molecule has 0 aliphatic heterocycles. The number of carbonyl (C=O) groups excluding carboxylic acids is 1. The molecule has 2 aromatic rings. The number of ether oxygens (including phenoxy) is 1. The molecule has 0 saturated carbocycles. The minimum atomic E-state index is -0.412. The summed E-state index contributed by atoms with van der Waals surface area (Å²) in [7, 11) is 0. The highest BCUT2D eigenvalue weighted by atomic mass is 16.5. The molecule has 21 heavy (non-hydrogen) atoms. The average Bonchev–Trinajstić information content (AvgIpc) is 2.45. The number of amides is 1. The van der Waals surface area contributed by atoms with Crippen LogP contribution in [-0.2, 0) is 0 Å². The fourth-order valence-electron chi connectivity index (χ4n) is 1.81. The van der Waals surface area contributed by atoms with E-state index < -0.39 is 5.91 Å². The van der Waals surface area contributed by atoms with Crippen LogP contribution >= 0.6 is 0 Å². The lowest BCUT2D eigenvalue weighted by Gasteiger charge is -2.09. The molecule has 2 rings (SSSR count). The second-order valence-electron chi connectivity index (χ2n) is 4.45. The number of aryl methyl sites for hydroxylation is 1. The highest BCUT2D eigenvalue weighted by Gasteiger charge is 2.11. The molecule has 1 amide bonds. The molecule has 0 radical (unpaired) electrons. The molecule has 0 aliphatic rings. The van der Waals surface area contributed by atoms with Gasteiger partial charge in [0.2, 0.25) is 0 Å². The van der Waals surface area contributed by atoms with Gasteiger partial charge in [-0.05, 0) is 36.8 Å². The molecule has 0 aromatic heterocycles. The van der Waals surface area contributed by atoms with Crippen molar-refractivity contribution in [3.8, 4) is 17.6 Å². The van der Waals surface area contributed by atoms with Crippen LogP contribution in [0.15, 0.2) is 42.5 Å². The molecule has 0 saturated heterocycles. The fourth-order valence-corrected chi connectivity index (χ4v) is 1.81. The highest BCUT2D eigenvalue weighted by Crippen LogP contribution is 2.22. The summed E-state index contributed by atoms with van der Waals surface area (Å²) in [5, 5.41) is 20.9. The quantitative estimate of drug-likeness (QED) is 0.903. The van der Waals surface area contributed by atoms with Crippen LogP contribution in [0.2, 0.25) is 0 Å². The summed E-state index contributed by atoms with van der Waals surface area (Å²) in [4.78, 5) is 12.1. The Morgan fingerprint density at radius 2 is 2.14 bits per heavy atom. The molecule has 2 N–H and O–H groups in total. The topological polar surface area (TPSA) is 82.3 Å². The Morgan fingerprint density at radius 1 is 1.33 bits per heavy atom. The second kappa shape index (κ2) is 6.44. The van der Waals surface area contributed by atoms with Gasteiger partial charge in [0.25, 0.3) is 5.91 Å². The monoisotopic (exact) mass is 282 g/mol. The van der Waals surface area contributed by atoms with E-state index in [1.807, 2.05) is 13.0 Å². The first-order chi connectivity index (χ1) is 10.1. The van der Waals surface area contributed by atoms with E-state index in [0.717, 1.165) is 5.56 Å². The zero-order valence-electron chi connectivity index (χ0n) is 11.5. The number of benzene rings is 2. The second-order valence-corrected chi connectivity index (χ2v) is 4.45. The lowest BCUT2D eigenvalue weighted by molar-refractivity contribution is 0.102. The first-order valence-corrected chi connectivity index (χ1v) is 6.31. The predicted octanol–water partition coefficient (Wildman–Crippen LogP) is 2.86. The van der Waals surface area contributed by atoms with Crippen molar-refractivity contribution in [2.24, 2.45) is 0 Å². The van der Waals surface area contributed by atoms with E-state index in [-0.39, 0.29) is 17.9 Å². The fraction of sp³-hybridized carbons (Fsp3) is 0.125. The summed E-state index contributed by atoms with van der Waals surface area (Å²) < 4.78 is 5.16. The Labute approximate surface area is 122 Å². The lowest BCUT2D eigenvalue weighted by Crippen LogP contribution is -2.12. The first kappa shape index (κ1) is 14.4. The summed E-state index contributed by atoms with van der Waals surface area (Å²) in [6.45, 7) is 1.77. The van der Waals surface area contributed by atoms with Crippen LogP contribution < -0.4 is 10.1 Å². The minimum absolute atomic E-state index is 0.0594. The Kier molecular flexibility index (Phi) is 4.42. The van der Waals surface area contributed by atoms with Gasteiger partial charge in [0.1, 0.15) is 17.6 Å². The maximum Gasteiger partial charge on any atom is 0.259 e. The van der Waals surface area contributed by atoms with Crippen molar-refractivity contribution in [1.82, 2.24) is 0 Å². The maximum absolute atomic E-state index is 12.1. The minimum Gasteiger partial charge on any atom is -0.507 e. The van der Waals surface area contributed by atoms with Crippen LogP contribution in [0.25, 0.3) is 0 Å². The summed E-state index contributed by atoms with van der Waals surface area (Å²) in [6.07, 6.45) is 0. The Hall–Kier alpha value is -3.00. The number of phenols is 1. The van der Waals surface area contributed by atoms with Crippen LogP contribution in [-0.4, -0.2) is 17.6 Å². The van der Waals surface area contributed by atoms with Crippen molar-refractivity contribution < 1.29 is 14.6 Å². The molecule has 5 heteroatoms. The van der Waals surface area contributed by atoms with Crippen molar-refractivity contribution in [2.45, 2.75) is 6.92 Å². The van der Waals surface area contributed by atoms with Crippen molar-refractivity contribution in [3.63, 3.8) is 0 Å². The Balaban J connectivity index is 2.14. The molecule has 0 unspecified atom stereocenters. The van der Waals surface area contributed by atoms with Crippen molar-refractivity contribution in [2.75, 3.05) is 11.9 Å². The lowest BCUT2D eigenvalue weighted by atomic mass is 10.1. The number of anilines is 1. The van der Waals surface area contributed by atoms with Gasteiger partial charge in [0.15, 0.2) is 6.61 Å². The molecule has 0 spiro atoms.